The molecule has 2 aromatic carbocycles. The first kappa shape index (κ1) is 16.0. The topological polar surface area (TPSA) is 74.6 Å². The minimum atomic E-state index is -0.978. The van der Waals surface area contributed by atoms with E-state index in [2.05, 4.69) is 6.92 Å². The van der Waals surface area contributed by atoms with E-state index in [0.29, 0.717) is 12.0 Å². The summed E-state index contributed by atoms with van der Waals surface area (Å²) in [7, 11) is 0. The first-order chi connectivity index (χ1) is 10.5. The SMILES string of the molecule is CCCCCCc1c(C(=O)O)ccc2cc(C(=O)O)ccc12. The van der Waals surface area contributed by atoms with Crippen LogP contribution in [0.25, 0.3) is 10.8 Å². The lowest BCUT2D eigenvalue weighted by atomic mass is 9.93. The smallest absolute Gasteiger partial charge is 0.335 e. The molecule has 0 amide bonds. The van der Waals surface area contributed by atoms with Crippen molar-refractivity contribution < 1.29 is 19.8 Å². The zero-order valence-electron chi connectivity index (χ0n) is 12.6. The van der Waals surface area contributed by atoms with Gasteiger partial charge in [-0.15, -0.1) is 0 Å². The second-order valence-electron chi connectivity index (χ2n) is 5.45. The fourth-order valence-corrected chi connectivity index (χ4v) is 2.73. The molecule has 0 spiro atoms. The first-order valence-electron chi connectivity index (χ1n) is 7.56. The zero-order valence-corrected chi connectivity index (χ0v) is 12.6. The molecule has 0 saturated carbocycles. The fourth-order valence-electron chi connectivity index (χ4n) is 2.73. The maximum absolute atomic E-state index is 11.4. The minimum Gasteiger partial charge on any atom is -0.478 e. The third-order valence-corrected chi connectivity index (χ3v) is 3.89. The summed E-state index contributed by atoms with van der Waals surface area (Å²) in [5.41, 5.74) is 1.33. The van der Waals surface area contributed by atoms with Gasteiger partial charge in [0, 0.05) is 0 Å². The average Bonchev–Trinajstić information content (AvgIpc) is 2.50. The van der Waals surface area contributed by atoms with Crippen molar-refractivity contribution in [2.45, 2.75) is 39.0 Å². The van der Waals surface area contributed by atoms with Gasteiger partial charge in [-0.25, -0.2) is 9.59 Å². The van der Waals surface area contributed by atoms with Crippen molar-refractivity contribution in [2.75, 3.05) is 0 Å². The van der Waals surface area contributed by atoms with Gasteiger partial charge in [0.25, 0.3) is 0 Å². The Kier molecular flexibility index (Phi) is 5.15. The summed E-state index contributed by atoms with van der Waals surface area (Å²) >= 11 is 0. The van der Waals surface area contributed by atoms with E-state index in [0.717, 1.165) is 42.0 Å². The van der Waals surface area contributed by atoms with Crippen molar-refractivity contribution in [3.63, 3.8) is 0 Å². The van der Waals surface area contributed by atoms with Gasteiger partial charge in [0.15, 0.2) is 0 Å². The lowest BCUT2D eigenvalue weighted by molar-refractivity contribution is 0.0685. The number of carboxylic acid groups (broad SMARTS) is 2. The molecule has 0 saturated heterocycles. The second kappa shape index (κ2) is 7.07. The van der Waals surface area contributed by atoms with Crippen molar-refractivity contribution in [1.29, 1.82) is 0 Å². The highest BCUT2D eigenvalue weighted by atomic mass is 16.4. The Morgan fingerprint density at radius 3 is 2.36 bits per heavy atom. The van der Waals surface area contributed by atoms with Crippen molar-refractivity contribution >= 4 is 22.7 Å². The molecular formula is C18H20O4. The van der Waals surface area contributed by atoms with E-state index in [-0.39, 0.29) is 5.56 Å². The van der Waals surface area contributed by atoms with Gasteiger partial charge in [-0.1, -0.05) is 38.3 Å². The lowest BCUT2D eigenvalue weighted by Gasteiger charge is -2.11. The summed E-state index contributed by atoms with van der Waals surface area (Å²) in [5.74, 6) is -1.91. The molecule has 4 nitrogen and oxygen atoms in total. The molecule has 0 fully saturated rings. The number of carboxylic acids is 2. The molecule has 0 aliphatic heterocycles. The van der Waals surface area contributed by atoms with Crippen LogP contribution in [-0.2, 0) is 6.42 Å². The summed E-state index contributed by atoms with van der Waals surface area (Å²) in [6.07, 6.45) is 4.97. The molecule has 0 radical (unpaired) electrons. The quantitative estimate of drug-likeness (QED) is 0.745. The molecule has 4 heteroatoms. The number of hydrogen-bond donors (Lipinski definition) is 2. The van der Waals surface area contributed by atoms with E-state index in [1.54, 1.807) is 24.3 Å². The predicted molar refractivity (Wildman–Crippen MR) is 85.7 cm³/mol. The van der Waals surface area contributed by atoms with Crippen LogP contribution in [0.15, 0.2) is 30.3 Å². The maximum Gasteiger partial charge on any atom is 0.335 e. The molecule has 0 aliphatic carbocycles. The zero-order chi connectivity index (χ0) is 16.1. The van der Waals surface area contributed by atoms with Crippen LogP contribution in [0.2, 0.25) is 0 Å². The Balaban J connectivity index is 2.45. The van der Waals surface area contributed by atoms with Gasteiger partial charge >= 0.3 is 11.9 Å². The number of rotatable bonds is 7. The number of aromatic carboxylic acids is 2. The molecule has 116 valence electrons. The van der Waals surface area contributed by atoms with Crippen LogP contribution in [-0.4, -0.2) is 22.2 Å². The Hall–Kier alpha value is -2.36. The van der Waals surface area contributed by atoms with Crippen LogP contribution in [0.1, 0.15) is 58.9 Å². The predicted octanol–water partition coefficient (Wildman–Crippen LogP) is 4.36. The highest BCUT2D eigenvalue weighted by molar-refractivity contribution is 6.00. The van der Waals surface area contributed by atoms with E-state index in [4.69, 9.17) is 5.11 Å². The van der Waals surface area contributed by atoms with Crippen LogP contribution >= 0.6 is 0 Å². The average molecular weight is 300 g/mol. The van der Waals surface area contributed by atoms with E-state index < -0.39 is 11.9 Å². The first-order valence-corrected chi connectivity index (χ1v) is 7.56. The van der Waals surface area contributed by atoms with Crippen molar-refractivity contribution in [1.82, 2.24) is 0 Å². The molecule has 2 rings (SSSR count). The molecule has 0 heterocycles. The number of hydrogen-bond acceptors (Lipinski definition) is 2. The van der Waals surface area contributed by atoms with Crippen molar-refractivity contribution in [3.8, 4) is 0 Å². The molecule has 0 aliphatic rings. The Morgan fingerprint density at radius 1 is 0.955 bits per heavy atom. The Labute approximate surface area is 129 Å². The third kappa shape index (κ3) is 3.45. The third-order valence-electron chi connectivity index (χ3n) is 3.89. The van der Waals surface area contributed by atoms with E-state index in [9.17, 15) is 14.7 Å². The summed E-state index contributed by atoms with van der Waals surface area (Å²) in [4.78, 5) is 22.5. The van der Waals surface area contributed by atoms with Crippen LogP contribution in [0.3, 0.4) is 0 Å². The van der Waals surface area contributed by atoms with E-state index in [1.807, 2.05) is 0 Å². The van der Waals surface area contributed by atoms with E-state index in [1.165, 1.54) is 6.07 Å². The van der Waals surface area contributed by atoms with Crippen molar-refractivity contribution in [3.05, 3.63) is 47.0 Å². The minimum absolute atomic E-state index is 0.215. The van der Waals surface area contributed by atoms with Crippen LogP contribution in [0.5, 0.6) is 0 Å². The summed E-state index contributed by atoms with van der Waals surface area (Å²) in [5, 5.41) is 20.0. The highest BCUT2D eigenvalue weighted by Gasteiger charge is 2.14. The molecule has 0 aromatic heterocycles. The molecule has 0 atom stereocenters. The van der Waals surface area contributed by atoms with Crippen LogP contribution < -0.4 is 0 Å². The number of carbonyl (C=O) groups is 2. The summed E-state index contributed by atoms with van der Waals surface area (Å²) in [6.45, 7) is 2.13. The molecule has 2 N–H and O–H groups in total. The standard InChI is InChI=1S/C18H20O4/c1-2-3-4-5-6-15-14-9-8-13(17(19)20)11-12(14)7-10-16(15)18(21)22/h7-11H,2-6H2,1H3,(H,19,20)(H,21,22). The molecular weight excluding hydrogens is 280 g/mol. The highest BCUT2D eigenvalue weighted by Crippen LogP contribution is 2.26. The van der Waals surface area contributed by atoms with Gasteiger partial charge in [-0.2, -0.15) is 0 Å². The van der Waals surface area contributed by atoms with Crippen LogP contribution in [0.4, 0.5) is 0 Å². The molecule has 0 bridgehead atoms. The summed E-state index contributed by atoms with van der Waals surface area (Å²) in [6, 6.07) is 8.11. The molecule has 0 unspecified atom stereocenters. The molecule has 2 aromatic rings. The van der Waals surface area contributed by atoms with Gasteiger partial charge in [-0.05, 0) is 47.4 Å². The fraction of sp³-hybridized carbons (Fsp3) is 0.333. The largest absolute Gasteiger partial charge is 0.478 e. The van der Waals surface area contributed by atoms with Crippen LogP contribution in [0, 0.1) is 0 Å². The monoisotopic (exact) mass is 300 g/mol. The second-order valence-corrected chi connectivity index (χ2v) is 5.45. The lowest BCUT2D eigenvalue weighted by Crippen LogP contribution is -2.04. The normalized spacial score (nSPS) is 10.8. The Morgan fingerprint density at radius 2 is 1.73 bits per heavy atom. The maximum atomic E-state index is 11.4. The number of unbranched alkanes of at least 4 members (excludes halogenated alkanes) is 3. The number of fused-ring (bicyclic) bond motifs is 1. The molecule has 22 heavy (non-hydrogen) atoms. The van der Waals surface area contributed by atoms with Gasteiger partial charge in [-0.3, -0.25) is 0 Å². The summed E-state index contributed by atoms with van der Waals surface area (Å²) < 4.78 is 0. The van der Waals surface area contributed by atoms with Gasteiger partial charge in [0.05, 0.1) is 11.1 Å². The van der Waals surface area contributed by atoms with Gasteiger partial charge in [0.2, 0.25) is 0 Å². The Bertz CT molecular complexity index is 704. The van der Waals surface area contributed by atoms with Crippen molar-refractivity contribution in [2.24, 2.45) is 0 Å². The number of benzene rings is 2. The van der Waals surface area contributed by atoms with E-state index >= 15 is 0 Å². The number of aryl methyl sites for hydroxylation is 1. The van der Waals surface area contributed by atoms with Gasteiger partial charge < -0.3 is 10.2 Å². The van der Waals surface area contributed by atoms with Gasteiger partial charge in [0.1, 0.15) is 0 Å².